The summed E-state index contributed by atoms with van der Waals surface area (Å²) >= 11 is 0. The molecular weight excluding hydrogens is 673 g/mol. The van der Waals surface area contributed by atoms with Crippen molar-refractivity contribution in [2.75, 3.05) is 4.90 Å². The summed E-state index contributed by atoms with van der Waals surface area (Å²) in [6.45, 7) is 4.10. The Labute approximate surface area is 321 Å². The number of aromatic nitrogens is 3. The normalized spacial score (nSPS) is 16.9. The van der Waals surface area contributed by atoms with Gasteiger partial charge in [-0.25, -0.2) is 9.97 Å². The highest BCUT2D eigenvalue weighted by Gasteiger charge is 2.32. The predicted molar refractivity (Wildman–Crippen MR) is 227 cm³/mol. The minimum atomic E-state index is 0.145. The van der Waals surface area contributed by atoms with Crippen molar-refractivity contribution in [2.24, 2.45) is 0 Å². The maximum atomic E-state index is 6.67. The van der Waals surface area contributed by atoms with Gasteiger partial charge in [-0.3, -0.25) is 4.57 Å². The Morgan fingerprint density at radius 3 is 2.51 bits per heavy atom. The van der Waals surface area contributed by atoms with Crippen LogP contribution in [0.1, 0.15) is 50.3 Å². The molecule has 2 aromatic heterocycles. The first-order valence-electron chi connectivity index (χ1n) is 19.2. The molecule has 2 aliphatic carbocycles. The molecule has 5 nitrogen and oxygen atoms in total. The van der Waals surface area contributed by atoms with Crippen LogP contribution in [0.5, 0.6) is 5.75 Å². The second-order valence-corrected chi connectivity index (χ2v) is 14.3. The fourth-order valence-electron chi connectivity index (χ4n) is 8.46. The molecule has 0 radical (unpaired) electrons. The van der Waals surface area contributed by atoms with Gasteiger partial charge in [0.25, 0.3) is 0 Å². The molecular formula is C50H40N4O. The Bertz CT molecular complexity index is 2850. The summed E-state index contributed by atoms with van der Waals surface area (Å²) in [5.41, 5.74) is 10.8. The topological polar surface area (TPSA) is 43.2 Å². The zero-order valence-corrected chi connectivity index (χ0v) is 31.0. The van der Waals surface area contributed by atoms with Crippen molar-refractivity contribution < 1.29 is 4.74 Å². The van der Waals surface area contributed by atoms with Crippen molar-refractivity contribution in [3.63, 3.8) is 0 Å². The Kier molecular flexibility index (Phi) is 8.14. The molecule has 0 saturated carbocycles. The molecule has 10 rings (SSSR count). The second-order valence-electron chi connectivity index (χ2n) is 14.3. The van der Waals surface area contributed by atoms with Gasteiger partial charge in [0.15, 0.2) is 5.75 Å². The molecule has 266 valence electrons. The minimum Gasteiger partial charge on any atom is -0.453 e. The van der Waals surface area contributed by atoms with Crippen LogP contribution in [0.2, 0.25) is 0 Å². The molecule has 3 aliphatic rings. The average molecular weight is 713 g/mol. The number of rotatable bonds is 6. The van der Waals surface area contributed by atoms with E-state index in [1.807, 2.05) is 13.0 Å². The molecule has 0 N–H and O–H groups in total. The molecule has 5 heteroatoms. The number of fused-ring (bicyclic) bond motifs is 7. The van der Waals surface area contributed by atoms with Crippen LogP contribution in [0.25, 0.3) is 55.4 Å². The van der Waals surface area contributed by atoms with Crippen LogP contribution in [-0.2, 0) is 0 Å². The second kappa shape index (κ2) is 13.6. The van der Waals surface area contributed by atoms with Gasteiger partial charge in [-0.15, -0.1) is 0 Å². The first-order valence-corrected chi connectivity index (χ1v) is 19.2. The SMILES string of the molecule is C/C=C\C(=C/C)c1cc(-c2ccccc2)nc(-n2c3ccc(C4C=C5Oc6ccccc6N(C6=CC=CCC6)C5=CC4)cc3c3c4ccccc4ccc32)n1. The first-order chi connectivity index (χ1) is 27.2. The van der Waals surface area contributed by atoms with E-state index in [9.17, 15) is 0 Å². The first kappa shape index (κ1) is 32.9. The Morgan fingerprint density at radius 2 is 1.65 bits per heavy atom. The molecule has 0 amide bonds. The molecule has 0 fully saturated rings. The molecule has 0 saturated heterocycles. The van der Waals surface area contributed by atoms with E-state index < -0.39 is 0 Å². The van der Waals surface area contributed by atoms with E-state index >= 15 is 0 Å². The lowest BCUT2D eigenvalue weighted by Crippen LogP contribution is -2.31. The van der Waals surface area contributed by atoms with E-state index in [1.54, 1.807) is 0 Å². The quantitative estimate of drug-likeness (QED) is 0.161. The van der Waals surface area contributed by atoms with Gasteiger partial charge in [-0.1, -0.05) is 115 Å². The van der Waals surface area contributed by atoms with Crippen LogP contribution in [-0.4, -0.2) is 14.5 Å². The fraction of sp³-hybridized carbons (Fsp3) is 0.120. The Hall–Kier alpha value is -6.72. The van der Waals surface area contributed by atoms with Crippen molar-refractivity contribution in [1.29, 1.82) is 0 Å². The van der Waals surface area contributed by atoms with Gasteiger partial charge >= 0.3 is 0 Å². The van der Waals surface area contributed by atoms with Crippen LogP contribution >= 0.6 is 0 Å². The molecule has 55 heavy (non-hydrogen) atoms. The molecule has 0 bridgehead atoms. The third kappa shape index (κ3) is 5.62. The minimum absolute atomic E-state index is 0.145. The Morgan fingerprint density at radius 1 is 0.818 bits per heavy atom. The molecule has 1 unspecified atom stereocenters. The highest BCUT2D eigenvalue weighted by Crippen LogP contribution is 2.47. The summed E-state index contributed by atoms with van der Waals surface area (Å²) in [5.74, 6) is 2.60. The van der Waals surface area contributed by atoms with E-state index in [0.29, 0.717) is 5.95 Å². The summed E-state index contributed by atoms with van der Waals surface area (Å²) in [5, 5.41) is 4.81. The average Bonchev–Trinajstić information content (AvgIpc) is 3.59. The van der Waals surface area contributed by atoms with Gasteiger partial charge < -0.3 is 9.64 Å². The van der Waals surface area contributed by atoms with Crippen molar-refractivity contribution in [2.45, 2.75) is 39.0 Å². The van der Waals surface area contributed by atoms with E-state index in [1.165, 1.54) is 32.8 Å². The largest absolute Gasteiger partial charge is 0.453 e. The van der Waals surface area contributed by atoms with E-state index in [2.05, 4.69) is 174 Å². The standard InChI is InChI=1S/C50H40N4O/c1-3-15-33(4-2)41-32-42(35-17-7-5-8-18-35)52-50(51-41)54-43-27-25-36(30-40(43)49-39-21-12-11-16-34(39)24-29-46(49)54)37-26-28-45-48(31-37)55-47-23-14-13-22-44(47)53(45)38-19-9-6-10-20-38/h3-9,11-19,21-25,27-32,37H,10,20,26H2,1-2H3/b15-3-,33-4+. The number of allylic oxidation sites excluding steroid dienone is 10. The third-order valence-electron chi connectivity index (χ3n) is 11.1. The summed E-state index contributed by atoms with van der Waals surface area (Å²) in [4.78, 5) is 13.0. The zero-order chi connectivity index (χ0) is 36.9. The monoisotopic (exact) mass is 712 g/mol. The number of benzene rings is 5. The Balaban J connectivity index is 1.15. The van der Waals surface area contributed by atoms with Crippen LogP contribution < -0.4 is 9.64 Å². The lowest BCUT2D eigenvalue weighted by molar-refractivity contribution is 0.412. The van der Waals surface area contributed by atoms with E-state index in [-0.39, 0.29) is 5.92 Å². The lowest BCUT2D eigenvalue weighted by atomic mass is 9.88. The highest BCUT2D eigenvalue weighted by molar-refractivity contribution is 6.21. The van der Waals surface area contributed by atoms with Crippen molar-refractivity contribution in [3.8, 4) is 23.0 Å². The van der Waals surface area contributed by atoms with Crippen LogP contribution in [0.4, 0.5) is 5.69 Å². The number of nitrogens with zero attached hydrogens (tertiary/aromatic N) is 4. The van der Waals surface area contributed by atoms with E-state index in [4.69, 9.17) is 14.7 Å². The molecule has 1 atom stereocenters. The number of anilines is 1. The van der Waals surface area contributed by atoms with Crippen LogP contribution in [0.15, 0.2) is 181 Å². The van der Waals surface area contributed by atoms with Crippen LogP contribution in [0.3, 0.4) is 0 Å². The van der Waals surface area contributed by atoms with Gasteiger partial charge in [0.1, 0.15) is 5.76 Å². The number of para-hydroxylation sites is 2. The van der Waals surface area contributed by atoms with Crippen molar-refractivity contribution >= 4 is 43.8 Å². The molecule has 1 aliphatic heterocycles. The summed E-state index contributed by atoms with van der Waals surface area (Å²) < 4.78 is 8.92. The summed E-state index contributed by atoms with van der Waals surface area (Å²) in [6, 6.07) is 40.9. The van der Waals surface area contributed by atoms with Gasteiger partial charge in [-0.2, -0.15) is 0 Å². The predicted octanol–water partition coefficient (Wildman–Crippen LogP) is 12.8. The van der Waals surface area contributed by atoms with Gasteiger partial charge in [-0.05, 0) is 104 Å². The molecule has 0 spiro atoms. The fourth-order valence-corrected chi connectivity index (χ4v) is 8.46. The highest BCUT2D eigenvalue weighted by atomic mass is 16.5. The number of hydrogen-bond donors (Lipinski definition) is 0. The maximum Gasteiger partial charge on any atom is 0.235 e. The number of hydrogen-bond acceptors (Lipinski definition) is 4. The molecule has 5 aromatic carbocycles. The van der Waals surface area contributed by atoms with Crippen molar-refractivity contribution in [1.82, 2.24) is 14.5 Å². The molecule has 3 heterocycles. The smallest absolute Gasteiger partial charge is 0.235 e. The third-order valence-corrected chi connectivity index (χ3v) is 11.1. The van der Waals surface area contributed by atoms with Crippen molar-refractivity contribution in [3.05, 3.63) is 192 Å². The van der Waals surface area contributed by atoms with Crippen LogP contribution in [0, 0.1) is 0 Å². The van der Waals surface area contributed by atoms with Gasteiger partial charge in [0.05, 0.1) is 33.8 Å². The summed E-state index contributed by atoms with van der Waals surface area (Å²) in [6.07, 6.45) is 20.5. The summed E-state index contributed by atoms with van der Waals surface area (Å²) in [7, 11) is 0. The van der Waals surface area contributed by atoms with Gasteiger partial charge in [0, 0.05) is 28.0 Å². The zero-order valence-electron chi connectivity index (χ0n) is 31.0. The number of ether oxygens (including phenoxy) is 1. The maximum absolute atomic E-state index is 6.67. The van der Waals surface area contributed by atoms with Gasteiger partial charge in [0.2, 0.25) is 5.95 Å². The lowest BCUT2D eigenvalue weighted by Gasteiger charge is -2.38. The van der Waals surface area contributed by atoms with E-state index in [0.717, 1.165) is 75.7 Å². The molecule has 7 aromatic rings.